The third kappa shape index (κ3) is 3.22. The lowest BCUT2D eigenvalue weighted by molar-refractivity contribution is 0.0943. The van der Waals surface area contributed by atoms with Gasteiger partial charge in [-0.3, -0.25) is 9.78 Å². The summed E-state index contributed by atoms with van der Waals surface area (Å²) in [7, 11) is 0. The average molecular weight is 342 g/mol. The Morgan fingerprint density at radius 2 is 1.81 bits per heavy atom. The van der Waals surface area contributed by atoms with Gasteiger partial charge in [0.05, 0.1) is 6.04 Å². The van der Waals surface area contributed by atoms with Gasteiger partial charge in [-0.05, 0) is 48.4 Å². The second-order valence-electron chi connectivity index (χ2n) is 6.21. The lowest BCUT2D eigenvalue weighted by Gasteiger charge is -2.19. The van der Waals surface area contributed by atoms with Crippen molar-refractivity contribution in [3.05, 3.63) is 102 Å². The van der Waals surface area contributed by atoms with Gasteiger partial charge in [-0.1, -0.05) is 36.4 Å². The fourth-order valence-electron chi connectivity index (χ4n) is 3.08. The zero-order chi connectivity index (χ0) is 17.9. The van der Waals surface area contributed by atoms with Crippen LogP contribution in [0.25, 0.3) is 11.0 Å². The van der Waals surface area contributed by atoms with Crippen molar-refractivity contribution in [1.82, 2.24) is 10.3 Å². The second-order valence-corrected chi connectivity index (χ2v) is 6.21. The molecule has 128 valence electrons. The van der Waals surface area contributed by atoms with Crippen molar-refractivity contribution in [2.75, 3.05) is 0 Å². The molecule has 1 amide bonds. The summed E-state index contributed by atoms with van der Waals surface area (Å²) >= 11 is 0. The standard InChI is InChI=1S/C22H18N2O2/c1-15-12-19-13-17(9-10-20(19)26-15)22(25)24-21(16-6-3-2-4-7-16)18-8-5-11-23-14-18/h2-14,21H,1H3,(H,24,25)/t21-/m1/s1. The van der Waals surface area contributed by atoms with Crippen molar-refractivity contribution >= 4 is 16.9 Å². The molecule has 0 unspecified atom stereocenters. The van der Waals surface area contributed by atoms with Crippen LogP contribution in [-0.2, 0) is 0 Å². The van der Waals surface area contributed by atoms with Gasteiger partial charge in [0.25, 0.3) is 5.91 Å². The van der Waals surface area contributed by atoms with E-state index in [-0.39, 0.29) is 11.9 Å². The molecule has 0 bridgehead atoms. The largest absolute Gasteiger partial charge is 0.461 e. The van der Waals surface area contributed by atoms with E-state index in [2.05, 4.69) is 10.3 Å². The van der Waals surface area contributed by atoms with Gasteiger partial charge < -0.3 is 9.73 Å². The number of aryl methyl sites for hydroxylation is 1. The Labute approximate surface area is 151 Å². The maximum atomic E-state index is 12.9. The number of nitrogens with one attached hydrogen (secondary N) is 1. The van der Waals surface area contributed by atoms with E-state index in [1.165, 1.54) is 0 Å². The third-order valence-electron chi connectivity index (χ3n) is 4.33. The summed E-state index contributed by atoms with van der Waals surface area (Å²) in [5.74, 6) is 0.693. The highest BCUT2D eigenvalue weighted by atomic mass is 16.3. The molecule has 0 aliphatic carbocycles. The fraction of sp³-hybridized carbons (Fsp3) is 0.0909. The van der Waals surface area contributed by atoms with Crippen LogP contribution < -0.4 is 5.32 Å². The molecular weight excluding hydrogens is 324 g/mol. The second kappa shape index (κ2) is 6.84. The highest BCUT2D eigenvalue weighted by Crippen LogP contribution is 2.23. The van der Waals surface area contributed by atoms with Crippen LogP contribution >= 0.6 is 0 Å². The van der Waals surface area contributed by atoms with Crippen molar-refractivity contribution in [3.8, 4) is 0 Å². The SMILES string of the molecule is Cc1cc2cc(C(=O)N[C@H](c3ccccc3)c3cccnc3)ccc2o1. The fourth-order valence-corrected chi connectivity index (χ4v) is 3.08. The number of hydrogen-bond donors (Lipinski definition) is 1. The first-order valence-electron chi connectivity index (χ1n) is 8.46. The van der Waals surface area contributed by atoms with Crippen LogP contribution in [0.2, 0.25) is 0 Å². The number of furan rings is 1. The molecule has 26 heavy (non-hydrogen) atoms. The molecule has 4 aromatic rings. The van der Waals surface area contributed by atoms with Crippen LogP contribution in [0.15, 0.2) is 83.5 Å². The minimum absolute atomic E-state index is 0.136. The van der Waals surface area contributed by atoms with Gasteiger partial charge in [-0.15, -0.1) is 0 Å². The molecule has 0 saturated heterocycles. The number of rotatable bonds is 4. The van der Waals surface area contributed by atoms with Crippen molar-refractivity contribution in [3.63, 3.8) is 0 Å². The number of benzene rings is 2. The van der Waals surface area contributed by atoms with Gasteiger partial charge in [0, 0.05) is 23.3 Å². The normalized spacial score (nSPS) is 12.0. The first-order valence-corrected chi connectivity index (χ1v) is 8.46. The van der Waals surface area contributed by atoms with Gasteiger partial charge in [0.2, 0.25) is 0 Å². The number of amides is 1. The number of nitrogens with zero attached hydrogens (tertiary/aromatic N) is 1. The van der Waals surface area contributed by atoms with E-state index in [9.17, 15) is 4.79 Å². The van der Waals surface area contributed by atoms with Gasteiger partial charge in [-0.2, -0.15) is 0 Å². The molecule has 0 aliphatic rings. The molecule has 0 aliphatic heterocycles. The number of pyridine rings is 1. The number of aromatic nitrogens is 1. The molecule has 0 spiro atoms. The molecule has 0 saturated carbocycles. The quantitative estimate of drug-likeness (QED) is 0.587. The highest BCUT2D eigenvalue weighted by molar-refractivity contribution is 5.98. The number of fused-ring (bicyclic) bond motifs is 1. The van der Waals surface area contributed by atoms with E-state index in [1.807, 2.05) is 67.6 Å². The molecule has 4 nitrogen and oxygen atoms in total. The Bertz CT molecular complexity index is 1000. The third-order valence-corrected chi connectivity index (χ3v) is 4.33. The van der Waals surface area contributed by atoms with Crippen LogP contribution in [-0.4, -0.2) is 10.9 Å². The lowest BCUT2D eigenvalue weighted by Crippen LogP contribution is -2.29. The topological polar surface area (TPSA) is 55.1 Å². The molecule has 0 fully saturated rings. The van der Waals surface area contributed by atoms with Crippen molar-refractivity contribution in [2.45, 2.75) is 13.0 Å². The zero-order valence-corrected chi connectivity index (χ0v) is 14.3. The van der Waals surface area contributed by atoms with Crippen LogP contribution in [0.4, 0.5) is 0 Å². The highest BCUT2D eigenvalue weighted by Gasteiger charge is 2.18. The molecule has 2 aromatic carbocycles. The zero-order valence-electron chi connectivity index (χ0n) is 14.3. The lowest BCUT2D eigenvalue weighted by atomic mass is 9.99. The molecule has 1 N–H and O–H groups in total. The first kappa shape index (κ1) is 16.1. The Morgan fingerprint density at radius 1 is 1.00 bits per heavy atom. The van der Waals surface area contributed by atoms with Gasteiger partial charge >= 0.3 is 0 Å². The Hall–Kier alpha value is -3.40. The van der Waals surface area contributed by atoms with Gasteiger partial charge in [0.1, 0.15) is 11.3 Å². The summed E-state index contributed by atoms with van der Waals surface area (Å²) in [5.41, 5.74) is 3.33. The van der Waals surface area contributed by atoms with E-state index < -0.39 is 0 Å². The summed E-state index contributed by atoms with van der Waals surface area (Å²) in [6, 6.07) is 20.9. The Balaban J connectivity index is 1.67. The van der Waals surface area contributed by atoms with Crippen LogP contribution in [0, 0.1) is 6.92 Å². The smallest absolute Gasteiger partial charge is 0.252 e. The number of hydrogen-bond acceptors (Lipinski definition) is 3. The number of carbonyl (C=O) groups is 1. The van der Waals surface area contributed by atoms with Crippen molar-refractivity contribution in [1.29, 1.82) is 0 Å². The summed E-state index contributed by atoms with van der Waals surface area (Å²) in [5, 5.41) is 4.05. The monoisotopic (exact) mass is 342 g/mol. The molecule has 0 radical (unpaired) electrons. The molecular formula is C22H18N2O2. The van der Waals surface area contributed by atoms with Crippen LogP contribution in [0.1, 0.15) is 33.3 Å². The summed E-state index contributed by atoms with van der Waals surface area (Å²) < 4.78 is 5.58. The number of carbonyl (C=O) groups excluding carboxylic acids is 1. The summed E-state index contributed by atoms with van der Waals surface area (Å²) in [6.45, 7) is 1.90. The molecule has 4 rings (SSSR count). The van der Waals surface area contributed by atoms with Crippen LogP contribution in [0.3, 0.4) is 0 Å². The molecule has 4 heteroatoms. The Kier molecular flexibility index (Phi) is 4.23. The maximum Gasteiger partial charge on any atom is 0.252 e. The first-order chi connectivity index (χ1) is 12.7. The van der Waals surface area contributed by atoms with Gasteiger partial charge in [-0.25, -0.2) is 0 Å². The van der Waals surface area contributed by atoms with E-state index in [0.29, 0.717) is 5.56 Å². The predicted molar refractivity (Wildman–Crippen MR) is 101 cm³/mol. The molecule has 1 atom stereocenters. The molecule has 2 aromatic heterocycles. The summed E-state index contributed by atoms with van der Waals surface area (Å²) in [4.78, 5) is 17.1. The van der Waals surface area contributed by atoms with Gasteiger partial charge in [0.15, 0.2) is 0 Å². The van der Waals surface area contributed by atoms with E-state index in [1.54, 1.807) is 18.5 Å². The van der Waals surface area contributed by atoms with E-state index in [4.69, 9.17) is 4.42 Å². The summed E-state index contributed by atoms with van der Waals surface area (Å²) in [6.07, 6.45) is 3.50. The average Bonchev–Trinajstić information content (AvgIpc) is 3.06. The van der Waals surface area contributed by atoms with E-state index in [0.717, 1.165) is 27.9 Å². The van der Waals surface area contributed by atoms with E-state index >= 15 is 0 Å². The van der Waals surface area contributed by atoms with Crippen LogP contribution in [0.5, 0.6) is 0 Å². The maximum absolute atomic E-state index is 12.9. The minimum atomic E-state index is -0.265. The minimum Gasteiger partial charge on any atom is -0.461 e. The predicted octanol–water partition coefficient (Wildman–Crippen LogP) is 4.66. The molecule has 2 heterocycles. The Morgan fingerprint density at radius 3 is 2.58 bits per heavy atom. The van der Waals surface area contributed by atoms with Crippen molar-refractivity contribution in [2.24, 2.45) is 0 Å². The van der Waals surface area contributed by atoms with Crippen molar-refractivity contribution < 1.29 is 9.21 Å².